The summed E-state index contributed by atoms with van der Waals surface area (Å²) in [6, 6.07) is 5.18. The van der Waals surface area contributed by atoms with Gasteiger partial charge in [-0.05, 0) is 49.7 Å². The molecule has 1 aliphatic carbocycles. The number of hydrogen-bond acceptors (Lipinski definition) is 3. The van der Waals surface area contributed by atoms with Crippen LogP contribution in [-0.2, 0) is 6.54 Å². The van der Waals surface area contributed by atoms with Gasteiger partial charge in [0.05, 0.1) is 0 Å². The first-order chi connectivity index (χ1) is 9.83. The molecular formula is C17H30N2S. The third-order valence-corrected chi connectivity index (χ3v) is 5.33. The Morgan fingerprint density at radius 2 is 2.15 bits per heavy atom. The second-order valence-corrected chi connectivity index (χ2v) is 7.04. The van der Waals surface area contributed by atoms with E-state index < -0.39 is 0 Å². The molecule has 20 heavy (non-hydrogen) atoms. The van der Waals surface area contributed by atoms with Gasteiger partial charge in [0.2, 0.25) is 0 Å². The van der Waals surface area contributed by atoms with E-state index in [0.29, 0.717) is 0 Å². The smallest absolute Gasteiger partial charge is 0.0327 e. The molecule has 2 rings (SSSR count). The molecule has 0 spiro atoms. The van der Waals surface area contributed by atoms with Crippen LogP contribution in [-0.4, -0.2) is 30.6 Å². The predicted molar refractivity (Wildman–Crippen MR) is 89.3 cm³/mol. The zero-order valence-electron chi connectivity index (χ0n) is 13.1. The lowest BCUT2D eigenvalue weighted by molar-refractivity contribution is 0.168. The Balaban J connectivity index is 1.86. The molecule has 0 saturated heterocycles. The second-order valence-electron chi connectivity index (χ2n) is 6.01. The first kappa shape index (κ1) is 16.0. The van der Waals surface area contributed by atoms with E-state index >= 15 is 0 Å². The lowest BCUT2D eigenvalue weighted by Crippen LogP contribution is -2.44. The van der Waals surface area contributed by atoms with Crippen molar-refractivity contribution in [2.45, 2.75) is 58.5 Å². The Bertz CT molecular complexity index is 350. The van der Waals surface area contributed by atoms with Crippen LogP contribution >= 0.6 is 11.3 Å². The fraction of sp³-hybridized carbons (Fsp3) is 0.765. The summed E-state index contributed by atoms with van der Waals surface area (Å²) in [5.74, 6) is 0.843. The van der Waals surface area contributed by atoms with Crippen molar-refractivity contribution in [1.82, 2.24) is 10.2 Å². The summed E-state index contributed by atoms with van der Waals surface area (Å²) in [5, 5.41) is 5.98. The highest BCUT2D eigenvalue weighted by Crippen LogP contribution is 2.26. The molecule has 0 amide bonds. The molecule has 1 fully saturated rings. The van der Waals surface area contributed by atoms with Gasteiger partial charge < -0.3 is 5.32 Å². The lowest BCUT2D eigenvalue weighted by atomic mass is 9.84. The van der Waals surface area contributed by atoms with Crippen LogP contribution in [0.1, 0.15) is 50.8 Å². The zero-order chi connectivity index (χ0) is 14.2. The van der Waals surface area contributed by atoms with Crippen LogP contribution in [0.4, 0.5) is 0 Å². The molecular weight excluding hydrogens is 264 g/mol. The van der Waals surface area contributed by atoms with Gasteiger partial charge in [-0.15, -0.1) is 11.3 Å². The first-order valence-electron chi connectivity index (χ1n) is 8.31. The van der Waals surface area contributed by atoms with E-state index in [1.807, 2.05) is 11.3 Å². The van der Waals surface area contributed by atoms with Crippen LogP contribution in [0.5, 0.6) is 0 Å². The van der Waals surface area contributed by atoms with Gasteiger partial charge in [0.25, 0.3) is 0 Å². The molecule has 2 nitrogen and oxygen atoms in total. The Kier molecular flexibility index (Phi) is 7.05. The molecule has 1 N–H and O–H groups in total. The van der Waals surface area contributed by atoms with E-state index in [1.54, 1.807) is 0 Å². The number of nitrogens with one attached hydrogen (secondary N) is 1. The van der Waals surface area contributed by atoms with Crippen molar-refractivity contribution in [2.75, 3.05) is 19.6 Å². The molecule has 3 heteroatoms. The molecule has 1 aromatic rings. The zero-order valence-corrected chi connectivity index (χ0v) is 13.9. The van der Waals surface area contributed by atoms with Gasteiger partial charge in [-0.3, -0.25) is 4.90 Å². The van der Waals surface area contributed by atoms with Gasteiger partial charge in [-0.2, -0.15) is 0 Å². The van der Waals surface area contributed by atoms with Crippen LogP contribution in [0.3, 0.4) is 0 Å². The third kappa shape index (κ3) is 4.87. The van der Waals surface area contributed by atoms with E-state index in [9.17, 15) is 0 Å². The van der Waals surface area contributed by atoms with Crippen LogP contribution in [0.25, 0.3) is 0 Å². The molecule has 1 saturated carbocycles. The minimum absolute atomic E-state index is 0.751. The number of hydrogen-bond donors (Lipinski definition) is 1. The highest BCUT2D eigenvalue weighted by atomic mass is 32.1. The van der Waals surface area contributed by atoms with Crippen molar-refractivity contribution in [3.63, 3.8) is 0 Å². The molecule has 1 aliphatic rings. The van der Waals surface area contributed by atoms with Gasteiger partial charge in [-0.1, -0.05) is 32.8 Å². The van der Waals surface area contributed by atoms with E-state index in [2.05, 4.69) is 41.6 Å². The summed E-state index contributed by atoms with van der Waals surface area (Å²) in [5.41, 5.74) is 0. The van der Waals surface area contributed by atoms with E-state index in [4.69, 9.17) is 0 Å². The molecule has 0 aliphatic heterocycles. The maximum Gasteiger partial charge on any atom is 0.0327 e. The van der Waals surface area contributed by atoms with Gasteiger partial charge in [-0.25, -0.2) is 0 Å². The summed E-state index contributed by atoms with van der Waals surface area (Å²) >= 11 is 1.89. The molecule has 1 heterocycles. The van der Waals surface area contributed by atoms with Gasteiger partial charge in [0.15, 0.2) is 0 Å². The average molecular weight is 295 g/mol. The molecule has 0 aromatic carbocycles. The first-order valence-corrected chi connectivity index (χ1v) is 9.19. The Hall–Kier alpha value is -0.380. The molecule has 0 bridgehead atoms. The minimum Gasteiger partial charge on any atom is -0.314 e. The van der Waals surface area contributed by atoms with Gasteiger partial charge in [0.1, 0.15) is 0 Å². The summed E-state index contributed by atoms with van der Waals surface area (Å²) in [6.45, 7) is 9.29. The molecule has 114 valence electrons. The van der Waals surface area contributed by atoms with Crippen LogP contribution in [0.2, 0.25) is 0 Å². The van der Waals surface area contributed by atoms with Gasteiger partial charge in [0, 0.05) is 24.0 Å². The van der Waals surface area contributed by atoms with Crippen molar-refractivity contribution in [3.8, 4) is 0 Å². The Labute approximate surface area is 128 Å². The molecule has 1 aromatic heterocycles. The highest BCUT2D eigenvalue weighted by Gasteiger charge is 2.26. The van der Waals surface area contributed by atoms with Crippen LogP contribution in [0.15, 0.2) is 17.5 Å². The maximum atomic E-state index is 3.79. The van der Waals surface area contributed by atoms with Crippen LogP contribution in [0, 0.1) is 5.92 Å². The SMILES string of the molecule is CCCNC1CCCCC1CN(CC)Cc1cccs1. The van der Waals surface area contributed by atoms with Crippen molar-refractivity contribution in [1.29, 1.82) is 0 Å². The number of nitrogens with zero attached hydrogens (tertiary/aromatic N) is 1. The predicted octanol–water partition coefficient (Wildman–Crippen LogP) is 4.13. The van der Waals surface area contributed by atoms with E-state index in [0.717, 1.165) is 25.0 Å². The maximum absolute atomic E-state index is 3.79. The summed E-state index contributed by atoms with van der Waals surface area (Å²) < 4.78 is 0. The normalized spacial score (nSPS) is 23.4. The van der Waals surface area contributed by atoms with E-state index in [-0.39, 0.29) is 0 Å². The Morgan fingerprint density at radius 3 is 2.85 bits per heavy atom. The standard InChI is InChI=1S/C17H30N2S/c1-3-11-18-17-10-6-5-8-15(17)13-19(4-2)14-16-9-7-12-20-16/h7,9,12,15,17-18H,3-6,8,10-11,13-14H2,1-2H3. The minimum atomic E-state index is 0.751. The molecule has 2 unspecified atom stereocenters. The average Bonchev–Trinajstić information content (AvgIpc) is 2.98. The fourth-order valence-electron chi connectivity index (χ4n) is 3.28. The third-order valence-electron chi connectivity index (χ3n) is 4.47. The number of thiophene rings is 1. The summed E-state index contributed by atoms with van der Waals surface area (Å²) in [4.78, 5) is 4.13. The quantitative estimate of drug-likeness (QED) is 0.775. The van der Waals surface area contributed by atoms with E-state index in [1.165, 1.54) is 50.1 Å². The van der Waals surface area contributed by atoms with Gasteiger partial charge >= 0.3 is 0 Å². The topological polar surface area (TPSA) is 15.3 Å². The van der Waals surface area contributed by atoms with Crippen molar-refractivity contribution >= 4 is 11.3 Å². The summed E-state index contributed by atoms with van der Waals surface area (Å²) in [7, 11) is 0. The van der Waals surface area contributed by atoms with Crippen molar-refractivity contribution < 1.29 is 0 Å². The number of rotatable bonds is 8. The molecule has 2 atom stereocenters. The molecule has 0 radical (unpaired) electrons. The van der Waals surface area contributed by atoms with Crippen LogP contribution < -0.4 is 5.32 Å². The fourth-order valence-corrected chi connectivity index (χ4v) is 4.03. The Morgan fingerprint density at radius 1 is 1.30 bits per heavy atom. The highest BCUT2D eigenvalue weighted by molar-refractivity contribution is 7.09. The lowest BCUT2D eigenvalue weighted by Gasteiger charge is -2.35. The van der Waals surface area contributed by atoms with Crippen molar-refractivity contribution in [3.05, 3.63) is 22.4 Å². The van der Waals surface area contributed by atoms with Crippen molar-refractivity contribution in [2.24, 2.45) is 5.92 Å². The summed E-state index contributed by atoms with van der Waals surface area (Å²) in [6.07, 6.45) is 6.86. The largest absolute Gasteiger partial charge is 0.314 e. The monoisotopic (exact) mass is 294 g/mol. The second kappa shape index (κ2) is 8.81.